The van der Waals surface area contributed by atoms with Gasteiger partial charge >= 0.3 is 5.97 Å². The van der Waals surface area contributed by atoms with Crippen LogP contribution in [0.25, 0.3) is 0 Å². The molecule has 0 saturated heterocycles. The average molecular weight is 293 g/mol. The van der Waals surface area contributed by atoms with Crippen LogP contribution in [0.15, 0.2) is 12.1 Å². The molecule has 1 N–H and O–H groups in total. The highest BCUT2D eigenvalue weighted by atomic mass is 16.6. The van der Waals surface area contributed by atoms with Gasteiger partial charge in [0.1, 0.15) is 5.75 Å². The number of rotatable bonds is 8. The van der Waals surface area contributed by atoms with E-state index >= 15 is 0 Å². The molecule has 1 aromatic rings. The van der Waals surface area contributed by atoms with E-state index in [0.717, 1.165) is 36.3 Å². The summed E-state index contributed by atoms with van der Waals surface area (Å²) in [5.41, 5.74) is 3.32. The van der Waals surface area contributed by atoms with Crippen molar-refractivity contribution >= 4 is 5.97 Å². The summed E-state index contributed by atoms with van der Waals surface area (Å²) in [7, 11) is 1.36. The molecule has 0 heterocycles. The zero-order valence-electron chi connectivity index (χ0n) is 13.8. The van der Waals surface area contributed by atoms with Gasteiger partial charge in [-0.2, -0.15) is 0 Å². The van der Waals surface area contributed by atoms with E-state index in [4.69, 9.17) is 4.74 Å². The third-order valence-electron chi connectivity index (χ3n) is 3.66. The van der Waals surface area contributed by atoms with E-state index in [1.165, 1.54) is 12.7 Å². The van der Waals surface area contributed by atoms with Gasteiger partial charge < -0.3 is 14.8 Å². The fourth-order valence-electron chi connectivity index (χ4n) is 2.40. The number of aryl methyl sites for hydroxylation is 2. The first kappa shape index (κ1) is 17.5. The molecule has 0 aliphatic heterocycles. The smallest absolute Gasteiger partial charge is 0.343 e. The Morgan fingerprint density at radius 2 is 1.76 bits per heavy atom. The van der Waals surface area contributed by atoms with Crippen LogP contribution in [0.3, 0.4) is 0 Å². The van der Waals surface area contributed by atoms with Crippen LogP contribution in [0.1, 0.15) is 43.4 Å². The van der Waals surface area contributed by atoms with Crippen molar-refractivity contribution in [3.05, 3.63) is 28.8 Å². The van der Waals surface area contributed by atoms with E-state index < -0.39 is 0 Å². The van der Waals surface area contributed by atoms with Crippen LogP contribution in [0, 0.1) is 13.8 Å². The lowest BCUT2D eigenvalue weighted by atomic mass is 10.0. The first-order valence-corrected chi connectivity index (χ1v) is 7.54. The molecule has 0 saturated carbocycles. The fourth-order valence-corrected chi connectivity index (χ4v) is 2.40. The number of ether oxygens (including phenoxy) is 2. The van der Waals surface area contributed by atoms with E-state index in [1.807, 2.05) is 13.8 Å². The van der Waals surface area contributed by atoms with Gasteiger partial charge in [-0.3, -0.25) is 0 Å². The van der Waals surface area contributed by atoms with E-state index in [1.54, 1.807) is 0 Å². The molecule has 1 aromatic carbocycles. The van der Waals surface area contributed by atoms with Crippen LogP contribution in [-0.2, 0) is 16.1 Å². The number of esters is 1. The minimum atomic E-state index is -0.367. The van der Waals surface area contributed by atoms with Crippen molar-refractivity contribution in [1.82, 2.24) is 5.32 Å². The molecule has 1 rings (SSSR count). The second kappa shape index (κ2) is 8.67. The van der Waals surface area contributed by atoms with Crippen LogP contribution in [-0.4, -0.2) is 25.7 Å². The van der Waals surface area contributed by atoms with Crippen LogP contribution in [0.4, 0.5) is 0 Å². The Kier molecular flexibility index (Phi) is 7.23. The molecule has 0 unspecified atom stereocenters. The van der Waals surface area contributed by atoms with Crippen molar-refractivity contribution in [3.63, 3.8) is 0 Å². The molecule has 4 nitrogen and oxygen atoms in total. The molecule has 0 radical (unpaired) electrons. The molecule has 0 amide bonds. The second-order valence-electron chi connectivity index (χ2n) is 5.32. The van der Waals surface area contributed by atoms with E-state index in [0.29, 0.717) is 6.04 Å². The number of carbonyl (C=O) groups excluding carboxylic acids is 1. The third-order valence-corrected chi connectivity index (χ3v) is 3.66. The lowest BCUT2D eigenvalue weighted by Gasteiger charge is -2.17. The minimum Gasteiger partial charge on any atom is -0.481 e. The monoisotopic (exact) mass is 293 g/mol. The summed E-state index contributed by atoms with van der Waals surface area (Å²) >= 11 is 0. The van der Waals surface area contributed by atoms with Crippen molar-refractivity contribution < 1.29 is 14.3 Å². The van der Waals surface area contributed by atoms with Gasteiger partial charge in [-0.25, -0.2) is 4.79 Å². The maximum Gasteiger partial charge on any atom is 0.343 e. The molecule has 0 spiro atoms. The van der Waals surface area contributed by atoms with Gasteiger partial charge in [0.15, 0.2) is 6.61 Å². The van der Waals surface area contributed by atoms with Crippen LogP contribution >= 0.6 is 0 Å². The molecule has 4 heteroatoms. The zero-order chi connectivity index (χ0) is 15.8. The molecule has 118 valence electrons. The van der Waals surface area contributed by atoms with Crippen LogP contribution < -0.4 is 10.1 Å². The van der Waals surface area contributed by atoms with Crippen molar-refractivity contribution in [2.45, 2.75) is 53.1 Å². The van der Waals surface area contributed by atoms with Gasteiger partial charge in [0.2, 0.25) is 0 Å². The van der Waals surface area contributed by atoms with Crippen molar-refractivity contribution in [3.8, 4) is 5.75 Å². The predicted octanol–water partition coefficient (Wildman–Crippen LogP) is 3.13. The summed E-state index contributed by atoms with van der Waals surface area (Å²) in [5, 5.41) is 3.55. The summed E-state index contributed by atoms with van der Waals surface area (Å²) in [4.78, 5) is 11.2. The number of hydrogen-bond donors (Lipinski definition) is 1. The van der Waals surface area contributed by atoms with Gasteiger partial charge in [0.05, 0.1) is 7.11 Å². The summed E-state index contributed by atoms with van der Waals surface area (Å²) in [6.45, 7) is 9.19. The largest absolute Gasteiger partial charge is 0.481 e. The number of methoxy groups -OCH3 is 1. The summed E-state index contributed by atoms with van der Waals surface area (Å²) in [6.07, 6.45) is 2.27. The molecular formula is C17H27NO3. The molecule has 0 aliphatic rings. The Morgan fingerprint density at radius 1 is 1.19 bits per heavy atom. The standard InChI is InChI=1S/C17H27NO3/c1-6-15(7-2)18-10-14-8-12(3)17(13(4)9-14)21-11-16(19)20-5/h8-9,15,18H,6-7,10-11H2,1-5H3. The highest BCUT2D eigenvalue weighted by molar-refractivity contribution is 5.71. The third kappa shape index (κ3) is 5.38. The predicted molar refractivity (Wildman–Crippen MR) is 84.6 cm³/mol. The van der Waals surface area contributed by atoms with Crippen molar-refractivity contribution in [1.29, 1.82) is 0 Å². The number of nitrogens with one attached hydrogen (secondary N) is 1. The molecule has 0 atom stereocenters. The van der Waals surface area contributed by atoms with Gasteiger partial charge in [-0.1, -0.05) is 26.0 Å². The van der Waals surface area contributed by atoms with Gasteiger partial charge in [-0.15, -0.1) is 0 Å². The molecule has 0 aliphatic carbocycles. The fraction of sp³-hybridized carbons (Fsp3) is 0.588. The minimum absolute atomic E-state index is 0.0521. The highest BCUT2D eigenvalue weighted by Crippen LogP contribution is 2.25. The van der Waals surface area contributed by atoms with E-state index in [2.05, 4.69) is 36.0 Å². The van der Waals surface area contributed by atoms with Crippen LogP contribution in [0.5, 0.6) is 5.75 Å². The maximum atomic E-state index is 11.2. The molecule has 0 aromatic heterocycles. The molecular weight excluding hydrogens is 266 g/mol. The quantitative estimate of drug-likeness (QED) is 0.748. The van der Waals surface area contributed by atoms with Crippen LogP contribution in [0.2, 0.25) is 0 Å². The Hall–Kier alpha value is -1.55. The Bertz CT molecular complexity index is 444. The first-order valence-electron chi connectivity index (χ1n) is 7.54. The molecule has 0 fully saturated rings. The topological polar surface area (TPSA) is 47.6 Å². The number of carbonyl (C=O) groups is 1. The lowest BCUT2D eigenvalue weighted by molar-refractivity contribution is -0.142. The van der Waals surface area contributed by atoms with Gasteiger partial charge in [0.25, 0.3) is 0 Å². The first-order chi connectivity index (χ1) is 10.0. The van der Waals surface area contributed by atoms with Gasteiger partial charge in [0, 0.05) is 12.6 Å². The zero-order valence-corrected chi connectivity index (χ0v) is 13.8. The molecule has 0 bridgehead atoms. The van der Waals surface area contributed by atoms with E-state index in [-0.39, 0.29) is 12.6 Å². The summed E-state index contributed by atoms with van der Waals surface area (Å²) in [5.74, 6) is 0.403. The Balaban J connectivity index is 2.72. The Morgan fingerprint density at radius 3 is 2.24 bits per heavy atom. The Labute approximate surface area is 127 Å². The average Bonchev–Trinajstić information content (AvgIpc) is 2.47. The number of hydrogen-bond acceptors (Lipinski definition) is 4. The van der Waals surface area contributed by atoms with Gasteiger partial charge in [-0.05, 0) is 43.4 Å². The number of benzene rings is 1. The summed E-state index contributed by atoms with van der Waals surface area (Å²) < 4.78 is 10.1. The summed E-state index contributed by atoms with van der Waals surface area (Å²) in [6, 6.07) is 4.77. The van der Waals surface area contributed by atoms with Crippen molar-refractivity contribution in [2.75, 3.05) is 13.7 Å². The SMILES string of the molecule is CCC(CC)NCc1cc(C)c(OCC(=O)OC)c(C)c1. The maximum absolute atomic E-state index is 11.2. The second-order valence-corrected chi connectivity index (χ2v) is 5.32. The lowest BCUT2D eigenvalue weighted by Crippen LogP contribution is -2.27. The van der Waals surface area contributed by atoms with E-state index in [9.17, 15) is 4.79 Å². The normalized spacial score (nSPS) is 10.8. The molecule has 21 heavy (non-hydrogen) atoms. The van der Waals surface area contributed by atoms with Crippen molar-refractivity contribution in [2.24, 2.45) is 0 Å². The highest BCUT2D eigenvalue weighted by Gasteiger charge is 2.10.